The summed E-state index contributed by atoms with van der Waals surface area (Å²) in [6.07, 6.45) is 6.46. The van der Waals surface area contributed by atoms with Gasteiger partial charge in [0.25, 0.3) is 0 Å². The van der Waals surface area contributed by atoms with Gasteiger partial charge in [-0.25, -0.2) is 14.6 Å². The Bertz CT molecular complexity index is 1530. The first kappa shape index (κ1) is 21.3. The number of benzene rings is 2. The van der Waals surface area contributed by atoms with Crippen molar-refractivity contribution in [2.45, 2.75) is 20.8 Å². The molecule has 0 radical (unpaired) electrons. The lowest BCUT2D eigenvalue weighted by Gasteiger charge is -2.09. The third kappa shape index (κ3) is 4.09. The second-order valence-electron chi connectivity index (χ2n) is 8.08. The number of fused-ring (bicyclic) bond motifs is 1. The Morgan fingerprint density at radius 2 is 1.76 bits per heavy atom. The molecule has 0 saturated carbocycles. The average molecular weight is 450 g/mol. The van der Waals surface area contributed by atoms with E-state index in [9.17, 15) is 4.79 Å². The first-order valence-electron chi connectivity index (χ1n) is 10.9. The van der Waals surface area contributed by atoms with Gasteiger partial charge in [0, 0.05) is 12.1 Å². The fourth-order valence-corrected chi connectivity index (χ4v) is 3.70. The molecule has 5 rings (SSSR count). The number of amides is 1. The van der Waals surface area contributed by atoms with Crippen LogP contribution in [-0.2, 0) is 4.79 Å². The van der Waals surface area contributed by atoms with Gasteiger partial charge in [-0.05, 0) is 55.7 Å². The molecule has 0 fully saturated rings. The molecule has 1 amide bonds. The molecular weight excluding hydrogens is 426 g/mol. The monoisotopic (exact) mass is 449 g/mol. The molecule has 0 atom stereocenters. The summed E-state index contributed by atoms with van der Waals surface area (Å²) in [6, 6.07) is 17.6. The van der Waals surface area contributed by atoms with Crippen LogP contribution in [0.3, 0.4) is 0 Å². The van der Waals surface area contributed by atoms with Crippen molar-refractivity contribution < 1.29 is 4.79 Å². The van der Waals surface area contributed by atoms with E-state index in [1.807, 2.05) is 43.3 Å². The minimum absolute atomic E-state index is 0.263. The zero-order valence-electron chi connectivity index (χ0n) is 19.1. The Kier molecular flexibility index (Phi) is 5.47. The van der Waals surface area contributed by atoms with E-state index in [0.29, 0.717) is 17.3 Å². The van der Waals surface area contributed by atoms with E-state index in [4.69, 9.17) is 0 Å². The van der Waals surface area contributed by atoms with E-state index in [1.165, 1.54) is 23.5 Å². The van der Waals surface area contributed by atoms with Gasteiger partial charge < -0.3 is 5.32 Å². The summed E-state index contributed by atoms with van der Waals surface area (Å²) in [5, 5.41) is 12.7. The lowest BCUT2D eigenvalue weighted by atomic mass is 10.1. The Labute approximate surface area is 196 Å². The van der Waals surface area contributed by atoms with Crippen molar-refractivity contribution in [3.05, 3.63) is 95.6 Å². The molecule has 0 unspecified atom stereocenters. The van der Waals surface area contributed by atoms with Crippen molar-refractivity contribution in [3.63, 3.8) is 0 Å². The van der Waals surface area contributed by atoms with Crippen molar-refractivity contribution in [3.8, 4) is 11.5 Å². The van der Waals surface area contributed by atoms with Crippen LogP contribution < -0.4 is 5.32 Å². The van der Waals surface area contributed by atoms with Gasteiger partial charge in [-0.1, -0.05) is 36.4 Å². The van der Waals surface area contributed by atoms with Gasteiger partial charge in [0.15, 0.2) is 11.5 Å². The third-order valence-corrected chi connectivity index (χ3v) is 5.59. The number of carbonyl (C=O) groups excluding carboxylic acids is 1. The van der Waals surface area contributed by atoms with Gasteiger partial charge in [-0.2, -0.15) is 14.9 Å². The maximum absolute atomic E-state index is 12.6. The van der Waals surface area contributed by atoms with Gasteiger partial charge in [0.05, 0.1) is 23.0 Å². The van der Waals surface area contributed by atoms with E-state index >= 15 is 0 Å². The second-order valence-corrected chi connectivity index (χ2v) is 8.08. The summed E-state index contributed by atoms with van der Waals surface area (Å²) in [6.45, 7) is 6.01. The summed E-state index contributed by atoms with van der Waals surface area (Å²) in [7, 11) is 0. The molecule has 8 heteroatoms. The van der Waals surface area contributed by atoms with Crippen molar-refractivity contribution in [2.75, 3.05) is 5.32 Å². The largest absolute Gasteiger partial charge is 0.307 e. The molecule has 2 aromatic carbocycles. The predicted molar refractivity (Wildman–Crippen MR) is 132 cm³/mol. The first-order valence-corrected chi connectivity index (χ1v) is 10.9. The van der Waals surface area contributed by atoms with E-state index in [0.717, 1.165) is 22.3 Å². The van der Waals surface area contributed by atoms with Crippen molar-refractivity contribution in [1.82, 2.24) is 29.5 Å². The topological polar surface area (TPSA) is 90.5 Å². The van der Waals surface area contributed by atoms with Crippen LogP contribution in [0.25, 0.3) is 28.6 Å². The maximum Gasteiger partial charge on any atom is 0.249 e. The average Bonchev–Trinajstić information content (AvgIpc) is 3.43. The molecule has 1 N–H and O–H groups in total. The van der Waals surface area contributed by atoms with Crippen LogP contribution in [0.15, 0.2) is 73.2 Å². The number of rotatable bonds is 5. The predicted octanol–water partition coefficient (Wildman–Crippen LogP) is 4.58. The Hall–Kier alpha value is -4.59. The van der Waals surface area contributed by atoms with Crippen LogP contribution >= 0.6 is 0 Å². The standard InChI is InChI=1S/C26H23N7O/c1-17-9-11-21(13-18(17)2)32-25-22(15-29-32)26(28-16-27-25)33-23(14-19(3)31-33)30-24(34)12-10-20-7-5-4-6-8-20/h4-16H,1-3H3,(H,30,34)/b12-10+. The highest BCUT2D eigenvalue weighted by Gasteiger charge is 2.17. The molecule has 0 aliphatic carbocycles. The van der Waals surface area contributed by atoms with E-state index in [2.05, 4.69) is 51.5 Å². The van der Waals surface area contributed by atoms with Crippen LogP contribution in [0.5, 0.6) is 0 Å². The molecule has 0 spiro atoms. The van der Waals surface area contributed by atoms with Crippen LogP contribution in [0.4, 0.5) is 5.82 Å². The molecule has 34 heavy (non-hydrogen) atoms. The SMILES string of the molecule is Cc1cc(NC(=O)/C=C/c2ccccc2)n(-c2ncnc3c2cnn3-c2ccc(C)c(C)c2)n1. The molecular formula is C26H23N7O. The number of nitrogens with one attached hydrogen (secondary N) is 1. The quantitative estimate of drug-likeness (QED) is 0.397. The number of anilines is 1. The first-order chi connectivity index (χ1) is 16.5. The van der Waals surface area contributed by atoms with Crippen LogP contribution in [0.1, 0.15) is 22.4 Å². The zero-order chi connectivity index (χ0) is 23.7. The molecule has 0 aliphatic heterocycles. The Morgan fingerprint density at radius 3 is 2.56 bits per heavy atom. The third-order valence-electron chi connectivity index (χ3n) is 5.59. The number of hydrogen-bond donors (Lipinski definition) is 1. The van der Waals surface area contributed by atoms with Crippen LogP contribution in [0.2, 0.25) is 0 Å². The molecule has 3 heterocycles. The Morgan fingerprint density at radius 1 is 0.941 bits per heavy atom. The lowest BCUT2D eigenvalue weighted by Crippen LogP contribution is -2.13. The number of carbonyl (C=O) groups is 1. The minimum Gasteiger partial charge on any atom is -0.307 e. The molecule has 0 bridgehead atoms. The molecule has 8 nitrogen and oxygen atoms in total. The fourth-order valence-electron chi connectivity index (χ4n) is 3.70. The van der Waals surface area contributed by atoms with Gasteiger partial charge in [-0.3, -0.25) is 4.79 Å². The van der Waals surface area contributed by atoms with E-state index < -0.39 is 0 Å². The van der Waals surface area contributed by atoms with E-state index in [-0.39, 0.29) is 5.91 Å². The Balaban J connectivity index is 1.50. The molecule has 5 aromatic rings. The highest BCUT2D eigenvalue weighted by atomic mass is 16.1. The smallest absolute Gasteiger partial charge is 0.249 e. The van der Waals surface area contributed by atoms with Gasteiger partial charge in [0.2, 0.25) is 5.91 Å². The minimum atomic E-state index is -0.263. The lowest BCUT2D eigenvalue weighted by molar-refractivity contribution is -0.111. The normalized spacial score (nSPS) is 11.4. The highest BCUT2D eigenvalue weighted by Crippen LogP contribution is 2.25. The second kappa shape index (κ2) is 8.74. The van der Waals surface area contributed by atoms with Gasteiger partial charge in [0.1, 0.15) is 12.1 Å². The number of aromatic nitrogens is 6. The molecule has 0 aliphatic rings. The summed E-state index contributed by atoms with van der Waals surface area (Å²) in [5.41, 5.74) is 5.65. The van der Waals surface area contributed by atoms with Gasteiger partial charge >= 0.3 is 0 Å². The summed E-state index contributed by atoms with van der Waals surface area (Å²) < 4.78 is 3.39. The van der Waals surface area contributed by atoms with Crippen molar-refractivity contribution in [2.24, 2.45) is 0 Å². The van der Waals surface area contributed by atoms with Crippen molar-refractivity contribution >= 4 is 28.8 Å². The van der Waals surface area contributed by atoms with Crippen molar-refractivity contribution in [1.29, 1.82) is 0 Å². The fraction of sp³-hybridized carbons (Fsp3) is 0.115. The van der Waals surface area contributed by atoms with Crippen LogP contribution in [0, 0.1) is 20.8 Å². The zero-order valence-corrected chi connectivity index (χ0v) is 19.1. The van der Waals surface area contributed by atoms with E-state index in [1.54, 1.807) is 27.7 Å². The number of aryl methyl sites for hydroxylation is 3. The maximum atomic E-state index is 12.6. The molecule has 3 aromatic heterocycles. The van der Waals surface area contributed by atoms with Crippen LogP contribution in [-0.4, -0.2) is 35.4 Å². The number of nitrogens with zero attached hydrogens (tertiary/aromatic N) is 6. The van der Waals surface area contributed by atoms with Gasteiger partial charge in [-0.15, -0.1) is 0 Å². The highest BCUT2D eigenvalue weighted by molar-refractivity contribution is 6.01. The summed E-state index contributed by atoms with van der Waals surface area (Å²) in [5.74, 6) is 0.788. The number of hydrogen-bond acceptors (Lipinski definition) is 5. The molecule has 168 valence electrons. The summed E-state index contributed by atoms with van der Waals surface area (Å²) in [4.78, 5) is 21.5. The molecule has 0 saturated heterocycles. The summed E-state index contributed by atoms with van der Waals surface area (Å²) >= 11 is 0.